The minimum Gasteiger partial charge on any atom is -0.497 e. The summed E-state index contributed by atoms with van der Waals surface area (Å²) in [7, 11) is 3.18. The van der Waals surface area contributed by atoms with E-state index in [2.05, 4.69) is 20.7 Å². The molecule has 0 aliphatic carbocycles. The Balaban J connectivity index is 1.78. The Hall–Kier alpha value is -3.13. The number of methoxy groups -OCH3 is 2. The van der Waals surface area contributed by atoms with E-state index in [1.807, 2.05) is 44.2 Å². The fourth-order valence-corrected chi connectivity index (χ4v) is 3.22. The zero-order valence-electron chi connectivity index (χ0n) is 17.3. The molecule has 1 heterocycles. The van der Waals surface area contributed by atoms with Crippen molar-refractivity contribution < 1.29 is 14.3 Å². The molecule has 3 aromatic rings. The van der Waals surface area contributed by atoms with Gasteiger partial charge in [0.1, 0.15) is 11.5 Å². The Labute approximate surface area is 180 Å². The van der Waals surface area contributed by atoms with Crippen LogP contribution in [0.15, 0.2) is 42.5 Å². The highest BCUT2D eigenvalue weighted by Crippen LogP contribution is 2.29. The smallest absolute Gasteiger partial charge is 0.247 e. The molecule has 0 aliphatic rings. The van der Waals surface area contributed by atoms with Crippen LogP contribution in [0.3, 0.4) is 0 Å². The molecule has 0 fully saturated rings. The van der Waals surface area contributed by atoms with Crippen LogP contribution in [-0.2, 0) is 4.79 Å². The molecule has 2 atom stereocenters. The SMILES string of the molecule is CCC(C(=O)NC(C)c1cc(OC)ccc1OC)n1nnc(-c2ccc(Cl)cc2)n1. The van der Waals surface area contributed by atoms with Crippen molar-refractivity contribution in [3.63, 3.8) is 0 Å². The van der Waals surface area contributed by atoms with E-state index in [1.165, 1.54) is 4.80 Å². The lowest BCUT2D eigenvalue weighted by atomic mass is 10.1. The normalized spacial score (nSPS) is 12.8. The lowest BCUT2D eigenvalue weighted by molar-refractivity contribution is -0.125. The van der Waals surface area contributed by atoms with E-state index in [0.29, 0.717) is 28.8 Å². The number of nitrogens with one attached hydrogen (secondary N) is 1. The van der Waals surface area contributed by atoms with Gasteiger partial charge < -0.3 is 14.8 Å². The maximum absolute atomic E-state index is 13.0. The Morgan fingerprint density at radius 3 is 2.53 bits per heavy atom. The van der Waals surface area contributed by atoms with Crippen LogP contribution in [0.1, 0.15) is 37.9 Å². The van der Waals surface area contributed by atoms with Crippen molar-refractivity contribution in [2.24, 2.45) is 0 Å². The first-order valence-electron chi connectivity index (χ1n) is 9.54. The monoisotopic (exact) mass is 429 g/mol. The number of nitrogens with zero attached hydrogens (tertiary/aromatic N) is 4. The van der Waals surface area contributed by atoms with Crippen molar-refractivity contribution in [1.82, 2.24) is 25.5 Å². The molecular formula is C21H24ClN5O3. The average molecular weight is 430 g/mol. The third kappa shape index (κ3) is 4.71. The summed E-state index contributed by atoms with van der Waals surface area (Å²) in [6.45, 7) is 3.78. The Bertz CT molecular complexity index is 1010. The molecule has 3 rings (SSSR count). The second kappa shape index (κ2) is 9.58. The zero-order valence-corrected chi connectivity index (χ0v) is 18.1. The van der Waals surface area contributed by atoms with Gasteiger partial charge in [-0.15, -0.1) is 10.2 Å². The van der Waals surface area contributed by atoms with Crippen LogP contribution < -0.4 is 14.8 Å². The quantitative estimate of drug-likeness (QED) is 0.585. The van der Waals surface area contributed by atoms with E-state index in [4.69, 9.17) is 21.1 Å². The van der Waals surface area contributed by atoms with Gasteiger partial charge in [0.05, 0.1) is 20.3 Å². The van der Waals surface area contributed by atoms with Crippen molar-refractivity contribution in [2.45, 2.75) is 32.4 Å². The molecule has 2 unspecified atom stereocenters. The van der Waals surface area contributed by atoms with E-state index in [9.17, 15) is 4.79 Å². The predicted octanol–water partition coefficient (Wildman–Crippen LogP) is 3.84. The van der Waals surface area contributed by atoms with Gasteiger partial charge in [-0.2, -0.15) is 4.80 Å². The van der Waals surface area contributed by atoms with E-state index < -0.39 is 6.04 Å². The topological polar surface area (TPSA) is 91.2 Å². The first-order chi connectivity index (χ1) is 14.5. The predicted molar refractivity (Wildman–Crippen MR) is 114 cm³/mol. The number of halogens is 1. The molecule has 158 valence electrons. The van der Waals surface area contributed by atoms with Crippen molar-refractivity contribution in [3.8, 4) is 22.9 Å². The molecule has 30 heavy (non-hydrogen) atoms. The Morgan fingerprint density at radius 2 is 1.90 bits per heavy atom. The van der Waals surface area contributed by atoms with Crippen LogP contribution in [0.5, 0.6) is 11.5 Å². The third-order valence-electron chi connectivity index (χ3n) is 4.76. The molecule has 0 saturated heterocycles. The lowest BCUT2D eigenvalue weighted by Crippen LogP contribution is -2.35. The second-order valence-electron chi connectivity index (χ2n) is 6.70. The average Bonchev–Trinajstić information content (AvgIpc) is 3.23. The summed E-state index contributed by atoms with van der Waals surface area (Å²) in [6.07, 6.45) is 0.504. The van der Waals surface area contributed by atoms with Gasteiger partial charge in [0.15, 0.2) is 6.04 Å². The molecule has 1 aromatic heterocycles. The standard InChI is InChI=1S/C21H24ClN5O3/c1-5-18(27-25-20(24-26-27)14-6-8-15(22)9-7-14)21(28)23-13(2)17-12-16(29-3)10-11-19(17)30-4/h6-13,18H,5H2,1-4H3,(H,23,28). The first-order valence-corrected chi connectivity index (χ1v) is 9.92. The third-order valence-corrected chi connectivity index (χ3v) is 5.01. The number of carbonyl (C=O) groups excluding carboxylic acids is 1. The van der Waals surface area contributed by atoms with Gasteiger partial charge in [-0.25, -0.2) is 0 Å². The number of rotatable bonds is 8. The van der Waals surface area contributed by atoms with Gasteiger partial charge in [0.2, 0.25) is 11.7 Å². The number of amides is 1. The molecule has 0 saturated carbocycles. The van der Waals surface area contributed by atoms with Gasteiger partial charge in [-0.1, -0.05) is 18.5 Å². The number of hydrogen-bond donors (Lipinski definition) is 1. The summed E-state index contributed by atoms with van der Waals surface area (Å²) >= 11 is 5.93. The largest absolute Gasteiger partial charge is 0.497 e. The minimum atomic E-state index is -0.599. The molecule has 9 heteroatoms. The van der Waals surface area contributed by atoms with Crippen molar-refractivity contribution in [3.05, 3.63) is 53.1 Å². The maximum atomic E-state index is 13.0. The zero-order chi connectivity index (χ0) is 21.7. The summed E-state index contributed by atoms with van der Waals surface area (Å²) in [5.41, 5.74) is 1.59. The second-order valence-corrected chi connectivity index (χ2v) is 7.14. The van der Waals surface area contributed by atoms with E-state index >= 15 is 0 Å². The summed E-state index contributed by atoms with van der Waals surface area (Å²) in [5.74, 6) is 1.57. The minimum absolute atomic E-state index is 0.213. The summed E-state index contributed by atoms with van der Waals surface area (Å²) < 4.78 is 10.7. The van der Waals surface area contributed by atoms with Crippen LogP contribution in [-0.4, -0.2) is 40.3 Å². The van der Waals surface area contributed by atoms with Crippen LogP contribution in [0.4, 0.5) is 0 Å². The fourth-order valence-electron chi connectivity index (χ4n) is 3.09. The van der Waals surface area contributed by atoms with E-state index in [1.54, 1.807) is 26.4 Å². The number of hydrogen-bond acceptors (Lipinski definition) is 6. The van der Waals surface area contributed by atoms with Gasteiger partial charge in [-0.3, -0.25) is 4.79 Å². The van der Waals surface area contributed by atoms with Gasteiger partial charge in [0, 0.05) is 16.1 Å². The van der Waals surface area contributed by atoms with Crippen LogP contribution >= 0.6 is 11.6 Å². The molecule has 1 N–H and O–H groups in total. The van der Waals surface area contributed by atoms with Gasteiger partial charge in [-0.05, 0) is 61.0 Å². The molecule has 1 amide bonds. The number of ether oxygens (including phenoxy) is 2. The first kappa shape index (κ1) is 21.6. The summed E-state index contributed by atoms with van der Waals surface area (Å²) in [4.78, 5) is 14.3. The summed E-state index contributed by atoms with van der Waals surface area (Å²) in [5, 5.41) is 16.2. The number of carbonyl (C=O) groups is 1. The van der Waals surface area contributed by atoms with E-state index in [-0.39, 0.29) is 11.9 Å². The van der Waals surface area contributed by atoms with Crippen LogP contribution in [0.2, 0.25) is 5.02 Å². The fraction of sp³-hybridized carbons (Fsp3) is 0.333. The Kier molecular flexibility index (Phi) is 6.89. The maximum Gasteiger partial charge on any atom is 0.247 e. The number of tetrazole rings is 1. The van der Waals surface area contributed by atoms with Crippen molar-refractivity contribution in [2.75, 3.05) is 14.2 Å². The highest BCUT2D eigenvalue weighted by Gasteiger charge is 2.25. The van der Waals surface area contributed by atoms with E-state index in [0.717, 1.165) is 11.1 Å². The van der Waals surface area contributed by atoms with Crippen molar-refractivity contribution in [1.29, 1.82) is 0 Å². The highest BCUT2D eigenvalue weighted by molar-refractivity contribution is 6.30. The molecule has 0 bridgehead atoms. The number of benzene rings is 2. The molecule has 0 spiro atoms. The molecule has 0 radical (unpaired) electrons. The molecule has 8 nitrogen and oxygen atoms in total. The Morgan fingerprint density at radius 1 is 1.17 bits per heavy atom. The van der Waals surface area contributed by atoms with Crippen molar-refractivity contribution >= 4 is 17.5 Å². The van der Waals surface area contributed by atoms with Gasteiger partial charge in [0.25, 0.3) is 0 Å². The van der Waals surface area contributed by atoms with Crippen LogP contribution in [0.25, 0.3) is 11.4 Å². The van der Waals surface area contributed by atoms with Gasteiger partial charge >= 0.3 is 0 Å². The molecule has 0 aliphatic heterocycles. The molecule has 2 aromatic carbocycles. The highest BCUT2D eigenvalue weighted by atomic mass is 35.5. The lowest BCUT2D eigenvalue weighted by Gasteiger charge is -2.21. The molecular weight excluding hydrogens is 406 g/mol. The summed E-state index contributed by atoms with van der Waals surface area (Å²) in [6, 6.07) is 11.7. The van der Waals surface area contributed by atoms with Crippen LogP contribution in [0, 0.1) is 0 Å². The number of aromatic nitrogens is 4.